The van der Waals surface area contributed by atoms with Crippen LogP contribution in [-0.2, 0) is 14.8 Å². The Morgan fingerprint density at radius 1 is 0.875 bits per heavy atom. The third kappa shape index (κ3) is 6.31. The Morgan fingerprint density at radius 3 is 2.38 bits per heavy atom. The first kappa shape index (κ1) is 23.7. The highest BCUT2D eigenvalue weighted by molar-refractivity contribution is 7.89. The largest absolute Gasteiger partial charge is 0.325 e. The third-order valence-corrected chi connectivity index (χ3v) is 9.00. The molecule has 1 aromatic carbocycles. The summed E-state index contributed by atoms with van der Waals surface area (Å²) in [6, 6.07) is 6.65. The minimum Gasteiger partial charge on any atom is -0.325 e. The van der Waals surface area contributed by atoms with Gasteiger partial charge < -0.3 is 10.2 Å². The molecule has 2 saturated heterocycles. The number of rotatable bonds is 7. The first-order valence-corrected chi connectivity index (χ1v) is 13.8. The number of nitrogens with one attached hydrogen (secondary N) is 1. The van der Waals surface area contributed by atoms with Crippen LogP contribution in [0.1, 0.15) is 51.4 Å². The van der Waals surface area contributed by atoms with Gasteiger partial charge in [-0.3, -0.25) is 9.69 Å². The maximum absolute atomic E-state index is 12.8. The van der Waals surface area contributed by atoms with Crippen molar-refractivity contribution in [1.82, 2.24) is 14.1 Å². The molecule has 1 saturated carbocycles. The second kappa shape index (κ2) is 11.1. The zero-order chi connectivity index (χ0) is 22.4. The van der Waals surface area contributed by atoms with E-state index in [4.69, 9.17) is 0 Å². The molecule has 0 radical (unpaired) electrons. The van der Waals surface area contributed by atoms with Crippen molar-refractivity contribution in [1.29, 1.82) is 0 Å². The van der Waals surface area contributed by atoms with Gasteiger partial charge in [-0.15, -0.1) is 0 Å². The normalized spacial score (nSPS) is 22.6. The van der Waals surface area contributed by atoms with Gasteiger partial charge in [-0.2, -0.15) is 4.31 Å². The average molecular weight is 463 g/mol. The van der Waals surface area contributed by atoms with Gasteiger partial charge in [-0.05, 0) is 69.3 Å². The summed E-state index contributed by atoms with van der Waals surface area (Å²) in [6.45, 7) is 6.68. The lowest BCUT2D eigenvalue weighted by atomic mass is 9.89. The summed E-state index contributed by atoms with van der Waals surface area (Å²) < 4.78 is 27.1. The summed E-state index contributed by atoms with van der Waals surface area (Å²) in [4.78, 5) is 17.7. The van der Waals surface area contributed by atoms with E-state index in [9.17, 15) is 13.2 Å². The fraction of sp³-hybridized carbons (Fsp3) is 0.708. The molecule has 4 rings (SSSR count). The molecule has 32 heavy (non-hydrogen) atoms. The lowest BCUT2D eigenvalue weighted by molar-refractivity contribution is -0.117. The van der Waals surface area contributed by atoms with E-state index in [-0.39, 0.29) is 10.8 Å². The van der Waals surface area contributed by atoms with E-state index < -0.39 is 10.0 Å². The quantitative estimate of drug-likeness (QED) is 0.674. The molecule has 0 bridgehead atoms. The highest BCUT2D eigenvalue weighted by atomic mass is 32.2. The number of hydrogen-bond donors (Lipinski definition) is 1. The molecule has 0 spiro atoms. The number of carbonyl (C=O) groups excluding carboxylic acids is 1. The number of anilines is 1. The SMILES string of the molecule is O=C(CN1CCCN(CC2CCCCC2)CC1)Nc1cccc(S(=O)(=O)N2CCCC2)c1. The van der Waals surface area contributed by atoms with Crippen molar-refractivity contribution in [2.75, 3.05) is 57.7 Å². The van der Waals surface area contributed by atoms with Crippen LogP contribution in [0.4, 0.5) is 5.69 Å². The van der Waals surface area contributed by atoms with E-state index in [1.165, 1.54) is 43.0 Å². The molecule has 8 heteroatoms. The Labute approximate surface area is 193 Å². The van der Waals surface area contributed by atoms with Gasteiger partial charge in [0.15, 0.2) is 0 Å². The van der Waals surface area contributed by atoms with E-state index in [0.717, 1.165) is 51.4 Å². The number of sulfonamides is 1. The molecule has 0 aromatic heterocycles. The molecular weight excluding hydrogens is 424 g/mol. The highest BCUT2D eigenvalue weighted by Gasteiger charge is 2.27. The van der Waals surface area contributed by atoms with Crippen molar-refractivity contribution in [2.24, 2.45) is 5.92 Å². The fourth-order valence-electron chi connectivity index (χ4n) is 5.32. The lowest BCUT2D eigenvalue weighted by Gasteiger charge is -2.28. The van der Waals surface area contributed by atoms with Crippen LogP contribution >= 0.6 is 0 Å². The molecular formula is C24H38N4O3S. The van der Waals surface area contributed by atoms with E-state index in [0.29, 0.717) is 25.3 Å². The Bertz CT molecular complexity index is 864. The average Bonchev–Trinajstić information content (AvgIpc) is 3.26. The molecule has 2 heterocycles. The molecule has 1 aliphatic carbocycles. The standard InChI is InChI=1S/C24H38N4O3S/c29-24(20-27-13-7-12-26(16-17-27)19-21-8-2-1-3-9-21)25-22-10-6-11-23(18-22)32(30,31)28-14-4-5-15-28/h6,10-11,18,21H,1-5,7-9,12-17,19-20H2,(H,25,29). The lowest BCUT2D eigenvalue weighted by Crippen LogP contribution is -2.37. The van der Waals surface area contributed by atoms with Crippen molar-refractivity contribution >= 4 is 21.6 Å². The van der Waals surface area contributed by atoms with Crippen LogP contribution in [0, 0.1) is 5.92 Å². The Hall–Kier alpha value is -1.48. The minimum absolute atomic E-state index is 0.0820. The second-order valence-electron chi connectivity index (χ2n) is 9.62. The predicted octanol–water partition coefficient (Wildman–Crippen LogP) is 3.00. The van der Waals surface area contributed by atoms with Crippen molar-refractivity contribution in [2.45, 2.75) is 56.3 Å². The van der Waals surface area contributed by atoms with Gasteiger partial charge in [-0.1, -0.05) is 25.3 Å². The van der Waals surface area contributed by atoms with Gasteiger partial charge in [0.05, 0.1) is 11.4 Å². The molecule has 7 nitrogen and oxygen atoms in total. The van der Waals surface area contributed by atoms with Crippen LogP contribution in [0.2, 0.25) is 0 Å². The van der Waals surface area contributed by atoms with Gasteiger partial charge >= 0.3 is 0 Å². The molecule has 0 unspecified atom stereocenters. The van der Waals surface area contributed by atoms with Gasteiger partial charge in [0.25, 0.3) is 0 Å². The minimum atomic E-state index is -3.48. The maximum Gasteiger partial charge on any atom is 0.243 e. The molecule has 3 aliphatic rings. The van der Waals surface area contributed by atoms with Crippen molar-refractivity contribution in [3.05, 3.63) is 24.3 Å². The summed E-state index contributed by atoms with van der Waals surface area (Å²) in [5, 5.41) is 2.91. The summed E-state index contributed by atoms with van der Waals surface area (Å²) >= 11 is 0. The number of benzene rings is 1. The number of amides is 1. The zero-order valence-electron chi connectivity index (χ0n) is 19.2. The molecule has 1 amide bonds. The van der Waals surface area contributed by atoms with Crippen molar-refractivity contribution in [3.63, 3.8) is 0 Å². The van der Waals surface area contributed by atoms with Crippen LogP contribution in [0.5, 0.6) is 0 Å². The second-order valence-corrected chi connectivity index (χ2v) is 11.6. The third-order valence-electron chi connectivity index (χ3n) is 7.11. The van der Waals surface area contributed by atoms with Crippen molar-refractivity contribution < 1.29 is 13.2 Å². The van der Waals surface area contributed by atoms with Gasteiger partial charge in [-0.25, -0.2) is 8.42 Å². The molecule has 1 aromatic rings. The van der Waals surface area contributed by atoms with Crippen LogP contribution in [0.15, 0.2) is 29.2 Å². The highest BCUT2D eigenvalue weighted by Crippen LogP contribution is 2.25. The fourth-order valence-corrected chi connectivity index (χ4v) is 6.88. The molecule has 3 fully saturated rings. The Balaban J connectivity index is 1.27. The zero-order valence-corrected chi connectivity index (χ0v) is 20.0. The molecule has 2 aliphatic heterocycles. The van der Waals surface area contributed by atoms with Crippen LogP contribution in [-0.4, -0.2) is 80.8 Å². The van der Waals surface area contributed by atoms with Crippen LogP contribution in [0.3, 0.4) is 0 Å². The number of nitrogens with zero attached hydrogens (tertiary/aromatic N) is 3. The Kier molecular flexibility index (Phi) is 8.21. The van der Waals surface area contributed by atoms with E-state index in [2.05, 4.69) is 15.1 Å². The van der Waals surface area contributed by atoms with Gasteiger partial charge in [0, 0.05) is 38.4 Å². The number of hydrogen-bond acceptors (Lipinski definition) is 5. The first-order chi connectivity index (χ1) is 15.5. The topological polar surface area (TPSA) is 73.0 Å². The van der Waals surface area contributed by atoms with Gasteiger partial charge in [0.2, 0.25) is 15.9 Å². The van der Waals surface area contributed by atoms with Crippen molar-refractivity contribution in [3.8, 4) is 0 Å². The molecule has 178 valence electrons. The Morgan fingerprint density at radius 2 is 1.59 bits per heavy atom. The first-order valence-electron chi connectivity index (χ1n) is 12.4. The molecule has 0 atom stereocenters. The summed E-state index contributed by atoms with van der Waals surface area (Å²) in [5.41, 5.74) is 0.545. The summed E-state index contributed by atoms with van der Waals surface area (Å²) in [6.07, 6.45) is 9.80. The smallest absolute Gasteiger partial charge is 0.243 e. The molecule has 1 N–H and O–H groups in total. The van der Waals surface area contributed by atoms with E-state index in [1.807, 2.05) is 0 Å². The summed E-state index contributed by atoms with van der Waals surface area (Å²) in [5.74, 6) is 0.768. The van der Waals surface area contributed by atoms with E-state index in [1.54, 1.807) is 24.3 Å². The number of carbonyl (C=O) groups is 1. The maximum atomic E-state index is 12.8. The van der Waals surface area contributed by atoms with Gasteiger partial charge in [0.1, 0.15) is 0 Å². The van der Waals surface area contributed by atoms with E-state index >= 15 is 0 Å². The van der Waals surface area contributed by atoms with Crippen LogP contribution in [0.25, 0.3) is 0 Å². The predicted molar refractivity (Wildman–Crippen MR) is 127 cm³/mol. The monoisotopic (exact) mass is 462 g/mol. The summed E-state index contributed by atoms with van der Waals surface area (Å²) in [7, 11) is -3.48. The van der Waals surface area contributed by atoms with Crippen LogP contribution < -0.4 is 5.32 Å².